The molecule has 2 saturated heterocycles. The molecular formula is C22H32BNO6. The summed E-state index contributed by atoms with van der Waals surface area (Å²) >= 11 is 0. The number of aliphatic hydroxyl groups excluding tert-OH is 1. The first kappa shape index (κ1) is 21.6. The molecule has 2 aliphatic heterocycles. The Bertz CT molecular complexity index is 823. The smallest absolute Gasteiger partial charge is 0.495 e. The van der Waals surface area contributed by atoms with Gasteiger partial charge in [0, 0.05) is 6.61 Å². The van der Waals surface area contributed by atoms with Gasteiger partial charge in [-0.3, -0.25) is 4.79 Å². The van der Waals surface area contributed by atoms with Crippen molar-refractivity contribution in [2.45, 2.75) is 76.7 Å². The Hall–Kier alpha value is -1.61. The molecule has 0 radical (unpaired) electrons. The van der Waals surface area contributed by atoms with Gasteiger partial charge in [-0.2, -0.15) is 0 Å². The number of hydrogen-bond acceptors (Lipinski definition) is 6. The van der Waals surface area contributed by atoms with Crippen molar-refractivity contribution in [3.05, 3.63) is 22.8 Å². The lowest BCUT2D eigenvalue weighted by atomic mass is 9.73. The highest BCUT2D eigenvalue weighted by Gasteiger charge is 2.52. The number of fused-ring (bicyclic) bond motifs is 1. The van der Waals surface area contributed by atoms with Gasteiger partial charge in [-0.25, -0.2) is 0 Å². The van der Waals surface area contributed by atoms with Crippen LogP contribution in [0.1, 0.15) is 62.0 Å². The standard InChI is InChI=1S/C22H32BNO6/c1-21(2)22(3,4)30-23(29-21)16-11-15(19(27-5)14-8-6-7-13(14)16)20(26)24-17-9-10-28-12-18(17)25/h11,17-18,25H,6-10,12H2,1-5H3,(H,24,26)/t17-,18-/m0/s1. The fraction of sp³-hybridized carbons (Fsp3) is 0.682. The molecular weight excluding hydrogens is 385 g/mol. The van der Waals surface area contributed by atoms with Crippen LogP contribution in [0.2, 0.25) is 0 Å². The van der Waals surface area contributed by atoms with Crippen molar-refractivity contribution in [3.8, 4) is 5.75 Å². The number of carbonyl (C=O) groups is 1. The van der Waals surface area contributed by atoms with E-state index in [0.717, 1.165) is 35.9 Å². The van der Waals surface area contributed by atoms with Gasteiger partial charge >= 0.3 is 7.12 Å². The van der Waals surface area contributed by atoms with E-state index in [-0.39, 0.29) is 18.6 Å². The molecule has 0 spiro atoms. The van der Waals surface area contributed by atoms with E-state index in [9.17, 15) is 9.90 Å². The van der Waals surface area contributed by atoms with Crippen molar-refractivity contribution in [1.82, 2.24) is 5.32 Å². The first-order valence-electron chi connectivity index (χ1n) is 10.8. The minimum Gasteiger partial charge on any atom is -0.496 e. The van der Waals surface area contributed by atoms with E-state index in [4.69, 9.17) is 18.8 Å². The summed E-state index contributed by atoms with van der Waals surface area (Å²) in [6, 6.07) is 1.51. The van der Waals surface area contributed by atoms with Crippen LogP contribution >= 0.6 is 0 Å². The average Bonchev–Trinajstić information content (AvgIpc) is 3.24. The van der Waals surface area contributed by atoms with Crippen molar-refractivity contribution in [1.29, 1.82) is 0 Å². The van der Waals surface area contributed by atoms with Crippen LogP contribution in [0.5, 0.6) is 5.75 Å². The first-order chi connectivity index (χ1) is 14.1. The fourth-order valence-corrected chi connectivity index (χ4v) is 4.50. The molecule has 0 unspecified atom stereocenters. The normalized spacial score (nSPS) is 27.1. The molecule has 0 aromatic heterocycles. The van der Waals surface area contributed by atoms with Crippen molar-refractivity contribution < 1.29 is 28.7 Å². The summed E-state index contributed by atoms with van der Waals surface area (Å²) in [5, 5.41) is 13.1. The van der Waals surface area contributed by atoms with Crippen molar-refractivity contribution in [2.24, 2.45) is 0 Å². The van der Waals surface area contributed by atoms with E-state index in [1.807, 2.05) is 33.8 Å². The van der Waals surface area contributed by atoms with Crippen LogP contribution in [0.25, 0.3) is 0 Å². The molecule has 164 valence electrons. The lowest BCUT2D eigenvalue weighted by Crippen LogP contribution is -2.49. The maximum atomic E-state index is 13.2. The Balaban J connectivity index is 1.71. The molecule has 1 amide bonds. The Morgan fingerprint density at radius 1 is 1.20 bits per heavy atom. The van der Waals surface area contributed by atoms with Crippen LogP contribution in [0.3, 0.4) is 0 Å². The van der Waals surface area contributed by atoms with Crippen LogP contribution in [0.15, 0.2) is 6.07 Å². The predicted molar refractivity (Wildman–Crippen MR) is 113 cm³/mol. The minimum atomic E-state index is -0.717. The van der Waals surface area contributed by atoms with Gasteiger partial charge in [0.15, 0.2) is 0 Å². The Kier molecular flexibility index (Phi) is 5.64. The minimum absolute atomic E-state index is 0.228. The second-order valence-electron chi connectivity index (χ2n) is 9.46. The number of carbonyl (C=O) groups excluding carboxylic acids is 1. The maximum Gasteiger partial charge on any atom is 0.495 e. The topological polar surface area (TPSA) is 86.3 Å². The molecule has 0 bridgehead atoms. The second kappa shape index (κ2) is 7.82. The Morgan fingerprint density at radius 3 is 2.50 bits per heavy atom. The molecule has 2 N–H and O–H groups in total. The molecule has 1 aromatic carbocycles. The van der Waals surface area contributed by atoms with E-state index in [0.29, 0.717) is 24.3 Å². The van der Waals surface area contributed by atoms with E-state index in [2.05, 4.69) is 5.32 Å². The number of amides is 1. The van der Waals surface area contributed by atoms with Crippen molar-refractivity contribution in [3.63, 3.8) is 0 Å². The van der Waals surface area contributed by atoms with Gasteiger partial charge in [-0.05, 0) is 76.0 Å². The summed E-state index contributed by atoms with van der Waals surface area (Å²) in [5.41, 5.74) is 2.66. The van der Waals surface area contributed by atoms with Gasteiger partial charge in [-0.1, -0.05) is 0 Å². The van der Waals surface area contributed by atoms with Gasteiger partial charge in [-0.15, -0.1) is 0 Å². The summed E-state index contributed by atoms with van der Waals surface area (Å²) in [6.07, 6.45) is 2.62. The quantitative estimate of drug-likeness (QED) is 0.720. The van der Waals surface area contributed by atoms with Gasteiger partial charge < -0.3 is 29.2 Å². The first-order valence-corrected chi connectivity index (χ1v) is 10.8. The molecule has 1 aliphatic carbocycles. The zero-order chi connectivity index (χ0) is 21.7. The third-order valence-electron chi connectivity index (χ3n) is 6.98. The molecule has 2 fully saturated rings. The SMILES string of the molecule is COc1c(C(=O)N[C@H]2CCOC[C@@H]2O)cc(B2OC(C)(C)C(C)(C)O2)c2c1CCC2. The Morgan fingerprint density at radius 2 is 1.87 bits per heavy atom. The third kappa shape index (κ3) is 3.64. The van der Waals surface area contributed by atoms with E-state index < -0.39 is 24.4 Å². The number of aliphatic hydroxyl groups is 1. The molecule has 1 aromatic rings. The summed E-state index contributed by atoms with van der Waals surface area (Å²) < 4.78 is 23.6. The van der Waals surface area contributed by atoms with Gasteiger partial charge in [0.2, 0.25) is 0 Å². The number of methoxy groups -OCH3 is 1. The highest BCUT2D eigenvalue weighted by atomic mass is 16.7. The number of nitrogens with one attached hydrogen (secondary N) is 1. The number of ether oxygens (including phenoxy) is 2. The largest absolute Gasteiger partial charge is 0.496 e. The third-order valence-corrected chi connectivity index (χ3v) is 6.98. The van der Waals surface area contributed by atoms with Gasteiger partial charge in [0.25, 0.3) is 5.91 Å². The van der Waals surface area contributed by atoms with Gasteiger partial charge in [0.1, 0.15) is 5.75 Å². The highest BCUT2D eigenvalue weighted by molar-refractivity contribution is 6.63. The molecule has 7 nitrogen and oxygen atoms in total. The Labute approximate surface area is 178 Å². The summed E-state index contributed by atoms with van der Waals surface area (Å²) in [6.45, 7) is 8.84. The fourth-order valence-electron chi connectivity index (χ4n) is 4.50. The second-order valence-corrected chi connectivity index (χ2v) is 9.46. The molecule has 8 heteroatoms. The van der Waals surface area contributed by atoms with Crippen molar-refractivity contribution in [2.75, 3.05) is 20.3 Å². The maximum absolute atomic E-state index is 13.2. The monoisotopic (exact) mass is 417 g/mol. The lowest BCUT2D eigenvalue weighted by molar-refractivity contribution is -0.0261. The molecule has 3 aliphatic rings. The molecule has 0 saturated carbocycles. The van der Waals surface area contributed by atoms with Crippen LogP contribution in [-0.4, -0.2) is 61.8 Å². The van der Waals surface area contributed by atoms with Crippen molar-refractivity contribution >= 4 is 18.5 Å². The number of rotatable bonds is 4. The van der Waals surface area contributed by atoms with Crippen LogP contribution < -0.4 is 15.5 Å². The lowest BCUT2D eigenvalue weighted by Gasteiger charge is -2.32. The predicted octanol–water partition coefficient (Wildman–Crippen LogP) is 1.36. The summed E-state index contributed by atoms with van der Waals surface area (Å²) in [4.78, 5) is 13.2. The number of benzene rings is 1. The summed E-state index contributed by atoms with van der Waals surface area (Å²) in [5.74, 6) is 0.354. The molecule has 2 heterocycles. The molecule has 4 rings (SSSR count). The van der Waals surface area contributed by atoms with E-state index in [1.54, 1.807) is 7.11 Å². The van der Waals surface area contributed by atoms with E-state index in [1.165, 1.54) is 0 Å². The highest BCUT2D eigenvalue weighted by Crippen LogP contribution is 2.39. The van der Waals surface area contributed by atoms with E-state index >= 15 is 0 Å². The van der Waals surface area contributed by atoms with Crippen LogP contribution in [-0.2, 0) is 26.9 Å². The summed E-state index contributed by atoms with van der Waals surface area (Å²) in [7, 11) is 1.07. The van der Waals surface area contributed by atoms with Crippen LogP contribution in [0, 0.1) is 0 Å². The average molecular weight is 417 g/mol. The zero-order valence-corrected chi connectivity index (χ0v) is 18.5. The molecule has 30 heavy (non-hydrogen) atoms. The van der Waals surface area contributed by atoms with Crippen LogP contribution in [0.4, 0.5) is 0 Å². The zero-order valence-electron chi connectivity index (χ0n) is 18.5. The van der Waals surface area contributed by atoms with Gasteiger partial charge in [0.05, 0.1) is 42.6 Å². The number of hydrogen-bond donors (Lipinski definition) is 2. The molecule has 2 atom stereocenters.